The second-order valence-electron chi connectivity index (χ2n) is 7.78. The Balaban J connectivity index is 1.62. The number of nitrogens with two attached hydrogens (primary N) is 1. The van der Waals surface area contributed by atoms with Gasteiger partial charge in [0.15, 0.2) is 11.6 Å². The van der Waals surface area contributed by atoms with Gasteiger partial charge in [-0.15, -0.1) is 0 Å². The molecule has 0 unspecified atom stereocenters. The molecule has 5 rings (SSSR count). The highest BCUT2D eigenvalue weighted by Crippen LogP contribution is 2.35. The Labute approximate surface area is 190 Å². The lowest BCUT2D eigenvalue weighted by Gasteiger charge is -2.26. The minimum atomic E-state index is -0.338. The van der Waals surface area contributed by atoms with E-state index in [1.54, 1.807) is 6.20 Å². The number of hydrogen-bond donors (Lipinski definition) is 3. The smallest absolute Gasteiger partial charge is 0.320 e. The van der Waals surface area contributed by atoms with Crippen LogP contribution in [0.3, 0.4) is 0 Å². The van der Waals surface area contributed by atoms with E-state index in [9.17, 15) is 4.79 Å². The summed E-state index contributed by atoms with van der Waals surface area (Å²) in [6, 6.07) is 17.1. The number of anilines is 2. The topological polar surface area (TPSA) is 106 Å². The lowest BCUT2D eigenvalue weighted by Crippen LogP contribution is -2.42. The maximum Gasteiger partial charge on any atom is 0.320 e. The van der Waals surface area contributed by atoms with E-state index in [1.807, 2.05) is 54.6 Å². The highest BCUT2D eigenvalue weighted by molar-refractivity contribution is 6.35. The maximum atomic E-state index is 12.4. The molecule has 0 aliphatic heterocycles. The molecule has 0 radical (unpaired) electrons. The van der Waals surface area contributed by atoms with E-state index >= 15 is 0 Å². The van der Waals surface area contributed by atoms with Crippen molar-refractivity contribution in [3.8, 4) is 22.5 Å². The number of carbonyl (C=O) groups excluding carboxylic acids is 1. The molecule has 0 saturated heterocycles. The Bertz CT molecular complexity index is 1310. The van der Waals surface area contributed by atoms with Crippen LogP contribution in [0.4, 0.5) is 16.4 Å². The molecule has 2 amide bonds. The van der Waals surface area contributed by atoms with Gasteiger partial charge in [0.25, 0.3) is 0 Å². The fourth-order valence-electron chi connectivity index (χ4n) is 3.71. The van der Waals surface area contributed by atoms with E-state index in [4.69, 9.17) is 22.3 Å². The molecule has 8 heteroatoms. The Morgan fingerprint density at radius 2 is 1.78 bits per heavy atom. The number of fused-ring (bicyclic) bond motifs is 1. The van der Waals surface area contributed by atoms with E-state index in [-0.39, 0.29) is 23.7 Å². The number of urea groups is 1. The molecule has 0 bridgehead atoms. The fraction of sp³-hybridized carbons (Fsp3) is 0.167. The van der Waals surface area contributed by atoms with Crippen LogP contribution >= 0.6 is 11.6 Å². The number of nitrogens with one attached hydrogen (secondary N) is 2. The zero-order valence-electron chi connectivity index (χ0n) is 17.2. The van der Waals surface area contributed by atoms with Gasteiger partial charge in [-0.3, -0.25) is 10.3 Å². The Morgan fingerprint density at radius 1 is 1.00 bits per heavy atom. The number of benzene rings is 2. The fourth-order valence-corrected chi connectivity index (χ4v) is 3.98. The van der Waals surface area contributed by atoms with Crippen LogP contribution in [0.25, 0.3) is 33.4 Å². The van der Waals surface area contributed by atoms with Gasteiger partial charge in [0, 0.05) is 28.8 Å². The van der Waals surface area contributed by atoms with Crippen molar-refractivity contribution >= 4 is 40.2 Å². The number of amides is 2. The normalized spacial score (nSPS) is 13.5. The van der Waals surface area contributed by atoms with Crippen molar-refractivity contribution in [1.29, 1.82) is 0 Å². The number of carbonyl (C=O) groups is 1. The Kier molecular flexibility index (Phi) is 5.33. The van der Waals surface area contributed by atoms with Crippen LogP contribution in [0.1, 0.15) is 19.3 Å². The SMILES string of the molecule is Nc1nc(-c2ccccc2)c(-c2cc(Cl)c3ncccc3c2)nc1NC(=O)NC1CCC1. The molecule has 1 aliphatic rings. The predicted molar refractivity (Wildman–Crippen MR) is 127 cm³/mol. The summed E-state index contributed by atoms with van der Waals surface area (Å²) < 4.78 is 0. The first-order valence-corrected chi connectivity index (χ1v) is 10.8. The lowest BCUT2D eigenvalue weighted by atomic mass is 9.93. The average Bonchev–Trinajstić information content (AvgIpc) is 2.78. The second kappa shape index (κ2) is 8.43. The maximum absolute atomic E-state index is 12.4. The van der Waals surface area contributed by atoms with Crippen LogP contribution < -0.4 is 16.4 Å². The molecule has 0 atom stereocenters. The van der Waals surface area contributed by atoms with Crippen molar-refractivity contribution < 1.29 is 4.79 Å². The number of nitrogens with zero attached hydrogens (tertiary/aromatic N) is 3. The van der Waals surface area contributed by atoms with Crippen molar-refractivity contribution in [2.45, 2.75) is 25.3 Å². The summed E-state index contributed by atoms with van der Waals surface area (Å²) in [4.78, 5) is 26.1. The zero-order chi connectivity index (χ0) is 22.1. The van der Waals surface area contributed by atoms with E-state index in [1.165, 1.54) is 0 Å². The molecular formula is C24H21ClN6O. The number of nitrogen functional groups attached to an aromatic ring is 1. The largest absolute Gasteiger partial charge is 0.381 e. The van der Waals surface area contributed by atoms with Crippen LogP contribution in [0.15, 0.2) is 60.8 Å². The zero-order valence-corrected chi connectivity index (χ0v) is 17.9. The first-order chi connectivity index (χ1) is 15.6. The number of hydrogen-bond acceptors (Lipinski definition) is 5. The molecule has 7 nitrogen and oxygen atoms in total. The number of rotatable bonds is 4. The monoisotopic (exact) mass is 444 g/mol. The first kappa shape index (κ1) is 20.2. The van der Waals surface area contributed by atoms with Crippen molar-refractivity contribution in [1.82, 2.24) is 20.3 Å². The molecule has 1 saturated carbocycles. The average molecular weight is 445 g/mol. The van der Waals surface area contributed by atoms with Crippen molar-refractivity contribution in [2.75, 3.05) is 11.1 Å². The van der Waals surface area contributed by atoms with Crippen LogP contribution in [0.5, 0.6) is 0 Å². The summed E-state index contributed by atoms with van der Waals surface area (Å²) in [6.45, 7) is 0. The highest BCUT2D eigenvalue weighted by atomic mass is 35.5. The Morgan fingerprint density at radius 3 is 2.53 bits per heavy atom. The standard InChI is InChI=1S/C24H21ClN6O/c25-18-13-16(12-15-8-5-11-27-19(15)18)21-20(14-6-2-1-3-7-14)29-22(26)23(30-21)31-24(32)28-17-9-4-10-17/h1-3,5-8,11-13,17H,4,9-10H2,(H2,26,29)(H2,28,30,31,32). The molecule has 4 aromatic rings. The summed E-state index contributed by atoms with van der Waals surface area (Å²) in [7, 11) is 0. The van der Waals surface area contributed by atoms with Crippen LogP contribution in [0, 0.1) is 0 Å². The van der Waals surface area contributed by atoms with Gasteiger partial charge in [-0.05, 0) is 37.5 Å². The lowest BCUT2D eigenvalue weighted by molar-refractivity contribution is 0.240. The van der Waals surface area contributed by atoms with E-state index in [2.05, 4.69) is 20.6 Å². The Hall–Kier alpha value is -3.71. The number of aromatic nitrogens is 3. The summed E-state index contributed by atoms with van der Waals surface area (Å²) in [5.41, 5.74) is 9.69. The van der Waals surface area contributed by atoms with Crippen LogP contribution in [-0.4, -0.2) is 27.0 Å². The molecule has 2 aromatic carbocycles. The predicted octanol–water partition coefficient (Wildman–Crippen LogP) is 5.27. The number of pyridine rings is 1. The molecule has 2 aromatic heterocycles. The third-order valence-corrected chi connectivity index (χ3v) is 5.86. The summed E-state index contributed by atoms with van der Waals surface area (Å²) in [5, 5.41) is 7.07. The third kappa shape index (κ3) is 3.94. The molecule has 32 heavy (non-hydrogen) atoms. The van der Waals surface area contributed by atoms with Gasteiger partial charge in [-0.1, -0.05) is 48.0 Å². The minimum absolute atomic E-state index is 0.143. The quantitative estimate of drug-likeness (QED) is 0.397. The molecule has 4 N–H and O–H groups in total. The molecule has 0 spiro atoms. The van der Waals surface area contributed by atoms with Gasteiger partial charge in [-0.25, -0.2) is 14.8 Å². The van der Waals surface area contributed by atoms with E-state index in [0.717, 1.165) is 35.8 Å². The summed E-state index contributed by atoms with van der Waals surface area (Å²) in [5.74, 6) is 0.351. The molecule has 160 valence electrons. The highest BCUT2D eigenvalue weighted by Gasteiger charge is 2.22. The van der Waals surface area contributed by atoms with Crippen molar-refractivity contribution in [2.24, 2.45) is 0 Å². The van der Waals surface area contributed by atoms with E-state index in [0.29, 0.717) is 21.9 Å². The van der Waals surface area contributed by atoms with Crippen LogP contribution in [-0.2, 0) is 0 Å². The van der Waals surface area contributed by atoms with Gasteiger partial charge >= 0.3 is 6.03 Å². The first-order valence-electron chi connectivity index (χ1n) is 10.4. The second-order valence-corrected chi connectivity index (χ2v) is 8.19. The van der Waals surface area contributed by atoms with Gasteiger partial charge in [0.05, 0.1) is 21.9 Å². The molecule has 1 fully saturated rings. The third-order valence-electron chi connectivity index (χ3n) is 5.57. The minimum Gasteiger partial charge on any atom is -0.381 e. The molecular weight excluding hydrogens is 424 g/mol. The molecule has 1 aliphatic carbocycles. The summed E-state index contributed by atoms with van der Waals surface area (Å²) >= 11 is 6.53. The number of halogens is 1. The van der Waals surface area contributed by atoms with Crippen LogP contribution in [0.2, 0.25) is 5.02 Å². The van der Waals surface area contributed by atoms with Gasteiger partial charge < -0.3 is 11.1 Å². The molecule has 2 heterocycles. The summed E-state index contributed by atoms with van der Waals surface area (Å²) in [6.07, 6.45) is 4.79. The van der Waals surface area contributed by atoms with Gasteiger partial charge in [0.2, 0.25) is 0 Å². The van der Waals surface area contributed by atoms with Crippen molar-refractivity contribution in [3.63, 3.8) is 0 Å². The van der Waals surface area contributed by atoms with Gasteiger partial charge in [-0.2, -0.15) is 0 Å². The van der Waals surface area contributed by atoms with Crippen molar-refractivity contribution in [3.05, 3.63) is 65.8 Å². The van der Waals surface area contributed by atoms with E-state index < -0.39 is 0 Å². The van der Waals surface area contributed by atoms with Gasteiger partial charge in [0.1, 0.15) is 0 Å².